The van der Waals surface area contributed by atoms with Gasteiger partial charge in [0.05, 0.1) is 19.2 Å². The third-order valence-electron chi connectivity index (χ3n) is 4.01. The summed E-state index contributed by atoms with van der Waals surface area (Å²) in [5, 5.41) is 3.26. The van der Waals surface area contributed by atoms with Crippen molar-refractivity contribution in [1.29, 1.82) is 0 Å². The summed E-state index contributed by atoms with van der Waals surface area (Å²) in [4.78, 5) is 31.2. The number of nitrogens with one attached hydrogen (secondary N) is 2. The maximum atomic E-state index is 12.4. The highest BCUT2D eigenvalue weighted by atomic mass is 35.5. The van der Waals surface area contributed by atoms with Crippen LogP contribution in [0.3, 0.4) is 0 Å². The number of aromatic nitrogens is 3. The molecular formula is C18H19ClN4O4. The zero-order valence-corrected chi connectivity index (χ0v) is 15.7. The topological polar surface area (TPSA) is 98.2 Å². The lowest BCUT2D eigenvalue weighted by molar-refractivity contribution is 0.310. The highest BCUT2D eigenvalue weighted by Crippen LogP contribution is 2.23. The molecule has 0 saturated carbocycles. The summed E-state index contributed by atoms with van der Waals surface area (Å²) in [6.45, 7) is 1.11. The summed E-state index contributed by atoms with van der Waals surface area (Å²) in [7, 11) is 3.37. The van der Waals surface area contributed by atoms with Crippen molar-refractivity contribution in [1.82, 2.24) is 19.9 Å². The molecule has 27 heavy (non-hydrogen) atoms. The number of hydrogen-bond acceptors (Lipinski definition) is 6. The van der Waals surface area contributed by atoms with Gasteiger partial charge in [-0.1, -0.05) is 23.7 Å². The molecule has 0 aliphatic rings. The van der Waals surface area contributed by atoms with Gasteiger partial charge in [-0.2, -0.15) is 0 Å². The number of halogens is 1. The van der Waals surface area contributed by atoms with Crippen LogP contribution in [-0.2, 0) is 6.54 Å². The van der Waals surface area contributed by atoms with Crippen molar-refractivity contribution in [2.75, 3.05) is 27.3 Å². The molecule has 8 nitrogen and oxygen atoms in total. The fourth-order valence-corrected chi connectivity index (χ4v) is 2.85. The predicted molar refractivity (Wildman–Crippen MR) is 103 cm³/mol. The SMILES string of the molecule is CNCCOc1nc(Cl)cc2c1c(=O)[nH]c(=O)n2Cc1ccc(OC)cc1. The normalized spacial score (nSPS) is 10.9. The maximum absolute atomic E-state index is 12.4. The third kappa shape index (κ3) is 4.12. The zero-order valence-electron chi connectivity index (χ0n) is 14.9. The largest absolute Gasteiger partial charge is 0.497 e. The second-order valence-corrected chi connectivity index (χ2v) is 6.18. The van der Waals surface area contributed by atoms with E-state index in [-0.39, 0.29) is 23.0 Å². The Morgan fingerprint density at radius 3 is 2.67 bits per heavy atom. The molecule has 1 aromatic carbocycles. The van der Waals surface area contributed by atoms with Crippen LogP contribution < -0.4 is 26.0 Å². The van der Waals surface area contributed by atoms with Crippen molar-refractivity contribution < 1.29 is 9.47 Å². The standard InChI is InChI=1S/C18H19ClN4O4/c1-20-7-8-27-17-15-13(9-14(19)21-17)23(18(25)22-16(15)24)10-11-3-5-12(26-2)6-4-11/h3-6,9,20H,7-8,10H2,1-2H3,(H,22,24,25). The average molecular weight is 391 g/mol. The van der Waals surface area contributed by atoms with E-state index in [1.54, 1.807) is 26.3 Å². The number of nitrogens with zero attached hydrogens (tertiary/aromatic N) is 2. The number of benzene rings is 1. The molecule has 3 aromatic rings. The van der Waals surface area contributed by atoms with Crippen LogP contribution in [0.25, 0.3) is 10.9 Å². The van der Waals surface area contributed by atoms with Gasteiger partial charge in [0.2, 0.25) is 5.88 Å². The van der Waals surface area contributed by atoms with Crippen molar-refractivity contribution in [3.63, 3.8) is 0 Å². The number of fused-ring (bicyclic) bond motifs is 1. The molecule has 0 amide bonds. The first-order valence-corrected chi connectivity index (χ1v) is 8.65. The Labute approximate surface area is 159 Å². The molecule has 0 saturated heterocycles. The molecule has 0 radical (unpaired) electrons. The molecule has 0 atom stereocenters. The Hall–Kier alpha value is -2.84. The van der Waals surface area contributed by atoms with Gasteiger partial charge < -0.3 is 14.8 Å². The Morgan fingerprint density at radius 2 is 2.00 bits per heavy atom. The van der Waals surface area contributed by atoms with E-state index in [1.807, 2.05) is 12.1 Å². The van der Waals surface area contributed by atoms with Gasteiger partial charge in [0, 0.05) is 12.6 Å². The number of likely N-dealkylation sites (N-methyl/N-ethyl adjacent to an activating group) is 1. The number of ether oxygens (including phenoxy) is 2. The van der Waals surface area contributed by atoms with Crippen LogP contribution in [0, 0.1) is 0 Å². The van der Waals surface area contributed by atoms with Gasteiger partial charge in [-0.25, -0.2) is 9.78 Å². The molecule has 0 fully saturated rings. The first-order valence-electron chi connectivity index (χ1n) is 8.27. The van der Waals surface area contributed by atoms with Crippen molar-refractivity contribution in [2.45, 2.75) is 6.54 Å². The van der Waals surface area contributed by atoms with Gasteiger partial charge in [0.1, 0.15) is 22.9 Å². The van der Waals surface area contributed by atoms with Gasteiger partial charge in [-0.05, 0) is 24.7 Å². The van der Waals surface area contributed by atoms with Crippen molar-refractivity contribution >= 4 is 22.5 Å². The molecule has 142 valence electrons. The Balaban J connectivity index is 2.11. The summed E-state index contributed by atoms with van der Waals surface area (Å²) in [6, 6.07) is 8.77. The van der Waals surface area contributed by atoms with Gasteiger partial charge in [-0.15, -0.1) is 0 Å². The lowest BCUT2D eigenvalue weighted by atomic mass is 10.2. The van der Waals surface area contributed by atoms with E-state index in [0.717, 1.165) is 5.56 Å². The summed E-state index contributed by atoms with van der Waals surface area (Å²) >= 11 is 6.10. The van der Waals surface area contributed by atoms with Crippen molar-refractivity contribution in [2.24, 2.45) is 0 Å². The van der Waals surface area contributed by atoms with Crippen LogP contribution in [0.4, 0.5) is 0 Å². The molecule has 0 aliphatic heterocycles. The highest BCUT2D eigenvalue weighted by molar-refractivity contribution is 6.30. The zero-order chi connectivity index (χ0) is 19.4. The first-order chi connectivity index (χ1) is 13.0. The molecule has 0 unspecified atom stereocenters. The van der Waals surface area contributed by atoms with E-state index in [0.29, 0.717) is 24.4 Å². The fourth-order valence-electron chi connectivity index (χ4n) is 2.67. The minimum absolute atomic E-state index is 0.0949. The summed E-state index contributed by atoms with van der Waals surface area (Å²) in [5.74, 6) is 0.808. The quantitative estimate of drug-likeness (QED) is 0.467. The van der Waals surface area contributed by atoms with Gasteiger partial charge in [0.25, 0.3) is 5.56 Å². The monoisotopic (exact) mass is 390 g/mol. The second kappa shape index (κ2) is 8.24. The number of hydrogen-bond donors (Lipinski definition) is 2. The molecule has 9 heteroatoms. The number of aromatic amines is 1. The van der Waals surface area contributed by atoms with Crippen molar-refractivity contribution in [3.05, 3.63) is 61.9 Å². The number of pyridine rings is 1. The van der Waals surface area contributed by atoms with E-state index >= 15 is 0 Å². The Kier molecular flexibility index (Phi) is 5.78. The third-order valence-corrected chi connectivity index (χ3v) is 4.20. The Bertz CT molecular complexity index is 1060. The lowest BCUT2D eigenvalue weighted by Crippen LogP contribution is -2.31. The summed E-state index contributed by atoms with van der Waals surface area (Å²) in [6.07, 6.45) is 0. The van der Waals surface area contributed by atoms with E-state index in [9.17, 15) is 9.59 Å². The van der Waals surface area contributed by atoms with Crippen LogP contribution in [0.15, 0.2) is 39.9 Å². The van der Waals surface area contributed by atoms with E-state index in [4.69, 9.17) is 21.1 Å². The molecule has 2 aromatic heterocycles. The molecule has 0 bridgehead atoms. The predicted octanol–water partition coefficient (Wildman–Crippen LogP) is 1.39. The van der Waals surface area contributed by atoms with E-state index in [2.05, 4.69) is 15.3 Å². The average Bonchev–Trinajstić information content (AvgIpc) is 2.65. The molecule has 0 aliphatic carbocycles. The molecule has 0 spiro atoms. The number of rotatable bonds is 7. The lowest BCUT2D eigenvalue weighted by Gasteiger charge is -2.13. The van der Waals surface area contributed by atoms with Gasteiger partial charge >= 0.3 is 5.69 Å². The van der Waals surface area contributed by atoms with Crippen LogP contribution in [0.1, 0.15) is 5.56 Å². The number of H-pyrrole nitrogens is 1. The molecule has 3 rings (SSSR count). The minimum Gasteiger partial charge on any atom is -0.497 e. The molecular weight excluding hydrogens is 372 g/mol. The summed E-state index contributed by atoms with van der Waals surface area (Å²) < 4.78 is 12.2. The summed E-state index contributed by atoms with van der Waals surface area (Å²) in [5.41, 5.74) is 0.118. The van der Waals surface area contributed by atoms with Crippen LogP contribution >= 0.6 is 11.6 Å². The van der Waals surface area contributed by atoms with E-state index in [1.165, 1.54) is 10.6 Å². The molecule has 2 N–H and O–H groups in total. The van der Waals surface area contributed by atoms with Gasteiger partial charge in [-0.3, -0.25) is 14.3 Å². The highest BCUT2D eigenvalue weighted by Gasteiger charge is 2.16. The van der Waals surface area contributed by atoms with Crippen LogP contribution in [-0.4, -0.2) is 41.8 Å². The Morgan fingerprint density at radius 1 is 1.26 bits per heavy atom. The first kappa shape index (κ1) is 18.9. The maximum Gasteiger partial charge on any atom is 0.329 e. The molecule has 2 heterocycles. The van der Waals surface area contributed by atoms with E-state index < -0.39 is 11.2 Å². The van der Waals surface area contributed by atoms with Gasteiger partial charge in [0.15, 0.2) is 0 Å². The van der Waals surface area contributed by atoms with Crippen LogP contribution in [0.2, 0.25) is 5.15 Å². The minimum atomic E-state index is -0.565. The second-order valence-electron chi connectivity index (χ2n) is 5.79. The number of methoxy groups -OCH3 is 1. The smallest absolute Gasteiger partial charge is 0.329 e. The van der Waals surface area contributed by atoms with Crippen LogP contribution in [0.5, 0.6) is 11.6 Å². The fraction of sp³-hybridized carbons (Fsp3) is 0.278. The van der Waals surface area contributed by atoms with Crippen molar-refractivity contribution in [3.8, 4) is 11.6 Å².